The van der Waals surface area contributed by atoms with Gasteiger partial charge in [-0.3, -0.25) is 4.79 Å². The lowest BCUT2D eigenvalue weighted by molar-refractivity contribution is 0.469. The maximum absolute atomic E-state index is 11.6. The standard InChI is InChI=1S/C15H11Cl2N3O2/c16-9-3-8(14(21)12(17)4-9)6-18-10-1-2-11-13(5-10)19-7-20-15(11)22/h1-5,7,18,21H,6H2,(H,19,20,22). The Hall–Kier alpha value is -2.24. The predicted molar refractivity (Wildman–Crippen MR) is 87.8 cm³/mol. The number of benzene rings is 2. The fraction of sp³-hybridized carbons (Fsp3) is 0.0667. The van der Waals surface area contributed by atoms with Crippen LogP contribution < -0.4 is 10.9 Å². The molecular formula is C15H11Cl2N3O2. The quantitative estimate of drug-likeness (QED) is 0.684. The van der Waals surface area contributed by atoms with Crippen LogP contribution in [0.1, 0.15) is 5.56 Å². The second-order valence-corrected chi connectivity index (χ2v) is 5.56. The maximum atomic E-state index is 11.6. The van der Waals surface area contributed by atoms with Crippen LogP contribution in [0.2, 0.25) is 10.0 Å². The molecule has 3 aromatic rings. The van der Waals surface area contributed by atoms with Gasteiger partial charge >= 0.3 is 0 Å². The summed E-state index contributed by atoms with van der Waals surface area (Å²) < 4.78 is 0. The third-order valence-electron chi connectivity index (χ3n) is 3.23. The molecule has 0 fully saturated rings. The number of anilines is 1. The van der Waals surface area contributed by atoms with Crippen LogP contribution in [0.25, 0.3) is 10.9 Å². The van der Waals surface area contributed by atoms with Gasteiger partial charge in [0, 0.05) is 22.8 Å². The van der Waals surface area contributed by atoms with Gasteiger partial charge in [0.2, 0.25) is 0 Å². The van der Waals surface area contributed by atoms with Crippen molar-refractivity contribution in [3.8, 4) is 5.75 Å². The lowest BCUT2D eigenvalue weighted by Crippen LogP contribution is -2.06. The number of rotatable bonds is 3. The van der Waals surface area contributed by atoms with Crippen molar-refractivity contribution in [1.29, 1.82) is 0 Å². The molecule has 0 amide bonds. The van der Waals surface area contributed by atoms with E-state index in [-0.39, 0.29) is 16.3 Å². The minimum absolute atomic E-state index is 0.00562. The van der Waals surface area contributed by atoms with Crippen LogP contribution in [-0.4, -0.2) is 15.1 Å². The maximum Gasteiger partial charge on any atom is 0.258 e. The Balaban J connectivity index is 1.87. The van der Waals surface area contributed by atoms with Crippen molar-refractivity contribution in [1.82, 2.24) is 9.97 Å². The van der Waals surface area contributed by atoms with E-state index < -0.39 is 0 Å². The minimum atomic E-state index is -0.184. The highest BCUT2D eigenvalue weighted by Gasteiger charge is 2.08. The molecule has 0 aliphatic rings. The molecule has 0 saturated carbocycles. The van der Waals surface area contributed by atoms with Gasteiger partial charge in [-0.15, -0.1) is 0 Å². The van der Waals surface area contributed by atoms with E-state index in [0.717, 1.165) is 5.69 Å². The van der Waals surface area contributed by atoms with Crippen molar-refractivity contribution < 1.29 is 5.11 Å². The minimum Gasteiger partial charge on any atom is -0.506 e. The molecule has 0 radical (unpaired) electrons. The van der Waals surface area contributed by atoms with E-state index in [1.165, 1.54) is 12.4 Å². The molecule has 22 heavy (non-hydrogen) atoms. The Morgan fingerprint density at radius 2 is 2.05 bits per heavy atom. The monoisotopic (exact) mass is 335 g/mol. The Kier molecular flexibility index (Phi) is 3.92. The number of hydrogen-bond acceptors (Lipinski definition) is 4. The third kappa shape index (κ3) is 2.86. The van der Waals surface area contributed by atoms with Crippen LogP contribution in [0.5, 0.6) is 5.75 Å². The number of nitrogens with zero attached hydrogens (tertiary/aromatic N) is 1. The van der Waals surface area contributed by atoms with Crippen molar-refractivity contribution in [2.24, 2.45) is 0 Å². The lowest BCUT2D eigenvalue weighted by atomic mass is 10.2. The fourth-order valence-corrected chi connectivity index (χ4v) is 2.67. The van der Waals surface area contributed by atoms with E-state index in [0.29, 0.717) is 28.0 Å². The van der Waals surface area contributed by atoms with Crippen LogP contribution >= 0.6 is 23.2 Å². The van der Waals surface area contributed by atoms with E-state index >= 15 is 0 Å². The van der Waals surface area contributed by atoms with Crippen molar-refractivity contribution in [2.45, 2.75) is 6.54 Å². The Bertz CT molecular complexity index is 909. The van der Waals surface area contributed by atoms with Gasteiger partial charge in [-0.2, -0.15) is 0 Å². The molecule has 1 heterocycles. The van der Waals surface area contributed by atoms with Gasteiger partial charge in [0.25, 0.3) is 5.56 Å². The summed E-state index contributed by atoms with van der Waals surface area (Å²) in [6.07, 6.45) is 1.36. The van der Waals surface area contributed by atoms with Crippen LogP contribution in [0, 0.1) is 0 Å². The molecule has 0 aliphatic carbocycles. The molecule has 3 N–H and O–H groups in total. The predicted octanol–water partition coefficient (Wildman–Crippen LogP) is 3.55. The van der Waals surface area contributed by atoms with Gasteiger partial charge < -0.3 is 15.4 Å². The number of aromatic nitrogens is 2. The zero-order chi connectivity index (χ0) is 15.7. The van der Waals surface area contributed by atoms with E-state index in [1.807, 2.05) is 0 Å². The molecule has 0 atom stereocenters. The summed E-state index contributed by atoms with van der Waals surface area (Å²) in [6, 6.07) is 8.33. The summed E-state index contributed by atoms with van der Waals surface area (Å²) in [6.45, 7) is 0.334. The smallest absolute Gasteiger partial charge is 0.258 e. The van der Waals surface area contributed by atoms with Crippen LogP contribution in [0.4, 0.5) is 5.69 Å². The second-order valence-electron chi connectivity index (χ2n) is 4.71. The van der Waals surface area contributed by atoms with Crippen LogP contribution in [0.3, 0.4) is 0 Å². The molecule has 2 aromatic carbocycles. The molecule has 3 rings (SSSR count). The van der Waals surface area contributed by atoms with E-state index in [1.54, 1.807) is 24.3 Å². The highest BCUT2D eigenvalue weighted by atomic mass is 35.5. The number of hydrogen-bond donors (Lipinski definition) is 3. The lowest BCUT2D eigenvalue weighted by Gasteiger charge is -2.10. The first kappa shape index (κ1) is 14.7. The first-order chi connectivity index (χ1) is 10.5. The second kappa shape index (κ2) is 5.87. The van der Waals surface area contributed by atoms with Crippen molar-refractivity contribution in [3.63, 3.8) is 0 Å². The number of aromatic amines is 1. The Morgan fingerprint density at radius 1 is 1.23 bits per heavy atom. The van der Waals surface area contributed by atoms with Crippen LogP contribution in [0.15, 0.2) is 41.5 Å². The highest BCUT2D eigenvalue weighted by molar-refractivity contribution is 6.35. The fourth-order valence-electron chi connectivity index (χ4n) is 2.13. The summed E-state index contributed by atoms with van der Waals surface area (Å²) in [5, 5.41) is 14.2. The summed E-state index contributed by atoms with van der Waals surface area (Å²) in [5.41, 5.74) is 1.75. The normalized spacial score (nSPS) is 10.8. The van der Waals surface area contributed by atoms with Crippen LogP contribution in [-0.2, 0) is 6.54 Å². The average molecular weight is 336 g/mol. The molecule has 0 bridgehead atoms. The van der Waals surface area contributed by atoms with Gasteiger partial charge in [0.1, 0.15) is 5.75 Å². The number of halogens is 2. The number of fused-ring (bicyclic) bond motifs is 1. The SMILES string of the molecule is O=c1[nH]cnc2cc(NCc3cc(Cl)cc(Cl)c3O)ccc12. The van der Waals surface area contributed by atoms with Gasteiger partial charge in [0.15, 0.2) is 0 Å². The molecule has 112 valence electrons. The van der Waals surface area contributed by atoms with Gasteiger partial charge in [0.05, 0.1) is 22.3 Å². The summed E-state index contributed by atoms with van der Waals surface area (Å²) in [5.74, 6) is -0.00562. The van der Waals surface area contributed by atoms with Crippen molar-refractivity contribution in [2.75, 3.05) is 5.32 Å². The van der Waals surface area contributed by atoms with E-state index in [9.17, 15) is 9.90 Å². The van der Waals surface area contributed by atoms with Gasteiger partial charge in [-0.25, -0.2) is 4.98 Å². The molecule has 0 aliphatic heterocycles. The molecule has 0 spiro atoms. The van der Waals surface area contributed by atoms with Gasteiger partial charge in [-0.05, 0) is 30.3 Å². The topological polar surface area (TPSA) is 78.0 Å². The first-order valence-corrected chi connectivity index (χ1v) is 7.18. The first-order valence-electron chi connectivity index (χ1n) is 6.43. The number of H-pyrrole nitrogens is 1. The Labute approximate surface area is 135 Å². The zero-order valence-electron chi connectivity index (χ0n) is 11.2. The average Bonchev–Trinajstić information content (AvgIpc) is 2.49. The Morgan fingerprint density at radius 3 is 2.86 bits per heavy atom. The van der Waals surface area contributed by atoms with Crippen molar-refractivity contribution in [3.05, 3.63) is 62.6 Å². The molecule has 0 saturated heterocycles. The number of phenols is 1. The van der Waals surface area contributed by atoms with E-state index in [4.69, 9.17) is 23.2 Å². The molecule has 7 heteroatoms. The zero-order valence-corrected chi connectivity index (χ0v) is 12.7. The van der Waals surface area contributed by atoms with Crippen molar-refractivity contribution >= 4 is 39.8 Å². The van der Waals surface area contributed by atoms with E-state index in [2.05, 4.69) is 15.3 Å². The summed E-state index contributed by atoms with van der Waals surface area (Å²) in [7, 11) is 0. The molecular weight excluding hydrogens is 325 g/mol. The number of phenolic OH excluding ortho intramolecular Hbond substituents is 1. The summed E-state index contributed by atoms with van der Waals surface area (Å²) >= 11 is 11.8. The molecule has 0 unspecified atom stereocenters. The molecule has 1 aromatic heterocycles. The third-order valence-corrected chi connectivity index (χ3v) is 3.74. The summed E-state index contributed by atoms with van der Waals surface area (Å²) in [4.78, 5) is 18.2. The highest BCUT2D eigenvalue weighted by Crippen LogP contribution is 2.31. The molecule has 5 nitrogen and oxygen atoms in total. The largest absolute Gasteiger partial charge is 0.506 e. The number of aromatic hydroxyl groups is 1. The van der Waals surface area contributed by atoms with Gasteiger partial charge in [-0.1, -0.05) is 23.2 Å². The number of nitrogens with one attached hydrogen (secondary N) is 2.